The highest BCUT2D eigenvalue weighted by Gasteiger charge is 2.41. The van der Waals surface area contributed by atoms with Gasteiger partial charge >= 0.3 is 6.18 Å². The van der Waals surface area contributed by atoms with Crippen LogP contribution < -0.4 is 20.7 Å². The largest absolute Gasteiger partial charge is 0.495 e. The van der Waals surface area contributed by atoms with E-state index in [-0.39, 0.29) is 24.0 Å². The van der Waals surface area contributed by atoms with E-state index in [2.05, 4.69) is 25.9 Å². The predicted octanol–water partition coefficient (Wildman–Crippen LogP) is 3.82. The number of carbonyl (C=O) groups is 1. The summed E-state index contributed by atoms with van der Waals surface area (Å²) >= 11 is 0. The number of carbonyl (C=O) groups excluding carboxylic acids is 1. The number of alkyl halides is 3. The molecular formula is C29H36F3N7O4S. The van der Waals surface area contributed by atoms with Crippen LogP contribution >= 0.6 is 0 Å². The summed E-state index contributed by atoms with van der Waals surface area (Å²) in [5.41, 5.74) is 1.72. The summed E-state index contributed by atoms with van der Waals surface area (Å²) in [6.07, 6.45) is -2.80. The Hall–Kier alpha value is -3.95. The van der Waals surface area contributed by atoms with Crippen molar-refractivity contribution in [1.29, 1.82) is 0 Å². The SMILES string of the molecule is COc1cc(C(=O)NCCN(C)C)c(C)cc1Nc1ncc(C(F)(F)F)c(N[C@@H]2Cc3ccccc3[C@H]2N(C)S(C)(=O)=O)n1. The number of aromatic nitrogens is 2. The van der Waals surface area contributed by atoms with E-state index in [0.717, 1.165) is 16.1 Å². The molecule has 2 atom stereocenters. The molecule has 0 aliphatic heterocycles. The van der Waals surface area contributed by atoms with Crippen molar-refractivity contribution >= 4 is 33.4 Å². The molecule has 15 heteroatoms. The highest BCUT2D eigenvalue weighted by molar-refractivity contribution is 7.88. The Labute approximate surface area is 254 Å². The third-order valence-electron chi connectivity index (χ3n) is 7.41. The number of methoxy groups -OCH3 is 1. The zero-order valence-electron chi connectivity index (χ0n) is 25.3. The Morgan fingerprint density at radius 3 is 2.50 bits per heavy atom. The number of hydrogen-bond donors (Lipinski definition) is 3. The number of likely N-dealkylation sites (N-methyl/N-ethyl adjacent to an activating group) is 2. The van der Waals surface area contributed by atoms with E-state index >= 15 is 0 Å². The second-order valence-corrected chi connectivity index (χ2v) is 12.9. The fraction of sp³-hybridized carbons (Fsp3) is 0.414. The molecule has 1 amide bonds. The van der Waals surface area contributed by atoms with E-state index in [4.69, 9.17) is 4.74 Å². The van der Waals surface area contributed by atoms with Crippen LogP contribution in [-0.4, -0.2) is 87.1 Å². The van der Waals surface area contributed by atoms with Gasteiger partial charge in [0.1, 0.15) is 17.1 Å². The zero-order chi connectivity index (χ0) is 32.4. The van der Waals surface area contributed by atoms with Crippen LogP contribution in [0.4, 0.5) is 30.6 Å². The van der Waals surface area contributed by atoms with Crippen LogP contribution in [0.25, 0.3) is 0 Å². The van der Waals surface area contributed by atoms with Gasteiger partial charge in [0.2, 0.25) is 16.0 Å². The first-order chi connectivity index (χ1) is 20.6. The van der Waals surface area contributed by atoms with Crippen LogP contribution in [0.3, 0.4) is 0 Å². The number of fused-ring (bicyclic) bond motifs is 1. The maximum atomic E-state index is 14.1. The molecule has 3 N–H and O–H groups in total. The molecule has 44 heavy (non-hydrogen) atoms. The maximum absolute atomic E-state index is 14.1. The van der Waals surface area contributed by atoms with Crippen molar-refractivity contribution in [2.24, 2.45) is 0 Å². The highest BCUT2D eigenvalue weighted by Crippen LogP contribution is 2.41. The summed E-state index contributed by atoms with van der Waals surface area (Å²) in [6.45, 7) is 2.82. The number of hydrogen-bond acceptors (Lipinski definition) is 9. The van der Waals surface area contributed by atoms with Crippen molar-refractivity contribution in [2.45, 2.75) is 31.6 Å². The number of benzene rings is 2. The lowest BCUT2D eigenvalue weighted by Crippen LogP contribution is -2.39. The number of nitrogens with one attached hydrogen (secondary N) is 3. The number of amides is 1. The third kappa shape index (κ3) is 7.39. The van der Waals surface area contributed by atoms with Gasteiger partial charge in [-0.1, -0.05) is 24.3 Å². The summed E-state index contributed by atoms with van der Waals surface area (Å²) in [5.74, 6) is -0.706. The second-order valence-electron chi connectivity index (χ2n) is 10.9. The van der Waals surface area contributed by atoms with Gasteiger partial charge in [0.25, 0.3) is 5.91 Å². The first-order valence-electron chi connectivity index (χ1n) is 13.7. The van der Waals surface area contributed by atoms with Gasteiger partial charge < -0.3 is 25.6 Å². The minimum absolute atomic E-state index is 0.162. The average molecular weight is 636 g/mol. The number of nitrogens with zero attached hydrogens (tertiary/aromatic N) is 4. The average Bonchev–Trinajstić information content (AvgIpc) is 3.29. The first-order valence-corrected chi connectivity index (χ1v) is 15.5. The lowest BCUT2D eigenvalue weighted by atomic mass is 10.1. The summed E-state index contributed by atoms with van der Waals surface area (Å²) in [6, 6.07) is 8.77. The zero-order valence-corrected chi connectivity index (χ0v) is 26.1. The van der Waals surface area contributed by atoms with Crippen LogP contribution in [0.1, 0.15) is 38.7 Å². The molecule has 11 nitrogen and oxygen atoms in total. The van der Waals surface area contributed by atoms with E-state index in [9.17, 15) is 26.4 Å². The lowest BCUT2D eigenvalue weighted by molar-refractivity contribution is -0.137. The van der Waals surface area contributed by atoms with Crippen molar-refractivity contribution < 1.29 is 31.1 Å². The number of rotatable bonds is 11. The molecule has 1 heterocycles. The monoisotopic (exact) mass is 635 g/mol. The van der Waals surface area contributed by atoms with Crippen molar-refractivity contribution in [3.05, 3.63) is 70.4 Å². The van der Waals surface area contributed by atoms with Crippen molar-refractivity contribution in [3.8, 4) is 5.75 Å². The molecule has 2 aromatic carbocycles. The number of ether oxygens (including phenoxy) is 1. The van der Waals surface area contributed by atoms with Gasteiger partial charge in [-0.25, -0.2) is 13.4 Å². The van der Waals surface area contributed by atoms with Crippen molar-refractivity contribution in [1.82, 2.24) is 24.5 Å². The molecule has 238 valence electrons. The molecule has 0 unspecified atom stereocenters. The lowest BCUT2D eigenvalue weighted by Gasteiger charge is -2.30. The van der Waals surface area contributed by atoms with Gasteiger partial charge in [-0.3, -0.25) is 4.79 Å². The Morgan fingerprint density at radius 2 is 1.86 bits per heavy atom. The molecule has 1 aromatic heterocycles. The minimum Gasteiger partial charge on any atom is -0.495 e. The summed E-state index contributed by atoms with van der Waals surface area (Å²) < 4.78 is 73.9. The molecule has 1 aliphatic rings. The Bertz CT molecular complexity index is 1630. The highest BCUT2D eigenvalue weighted by atomic mass is 32.2. The van der Waals surface area contributed by atoms with Gasteiger partial charge in [-0.15, -0.1) is 0 Å². The smallest absolute Gasteiger partial charge is 0.421 e. The molecule has 0 radical (unpaired) electrons. The van der Waals surface area contributed by atoms with Gasteiger partial charge in [0.05, 0.1) is 31.1 Å². The van der Waals surface area contributed by atoms with Crippen LogP contribution in [-0.2, 0) is 22.6 Å². The van der Waals surface area contributed by atoms with Crippen LogP contribution in [0.5, 0.6) is 5.75 Å². The summed E-state index contributed by atoms with van der Waals surface area (Å²) in [7, 11) is 2.90. The van der Waals surface area contributed by atoms with E-state index in [1.165, 1.54) is 20.2 Å². The third-order valence-corrected chi connectivity index (χ3v) is 8.68. The normalized spacial score (nSPS) is 16.6. The molecule has 0 fully saturated rings. The van der Waals surface area contributed by atoms with Gasteiger partial charge in [0.15, 0.2) is 0 Å². The van der Waals surface area contributed by atoms with Crippen LogP contribution in [0, 0.1) is 6.92 Å². The Morgan fingerprint density at radius 1 is 1.16 bits per heavy atom. The molecule has 4 rings (SSSR count). The Balaban J connectivity index is 1.66. The number of anilines is 3. The predicted molar refractivity (Wildman–Crippen MR) is 162 cm³/mol. The number of sulfonamides is 1. The number of halogens is 3. The van der Waals surface area contributed by atoms with Crippen LogP contribution in [0.15, 0.2) is 42.6 Å². The molecule has 3 aromatic rings. The summed E-state index contributed by atoms with van der Waals surface area (Å²) in [5, 5.41) is 8.63. The molecular weight excluding hydrogens is 599 g/mol. The van der Waals surface area contributed by atoms with Crippen molar-refractivity contribution in [2.75, 3.05) is 58.2 Å². The van der Waals surface area contributed by atoms with Gasteiger partial charge in [0, 0.05) is 31.9 Å². The van der Waals surface area contributed by atoms with E-state index < -0.39 is 39.7 Å². The summed E-state index contributed by atoms with van der Waals surface area (Å²) in [4.78, 5) is 22.8. The standard InChI is InChI=1S/C29H36F3N7O4S/c1-17-13-22(24(43-5)15-20(17)27(40)33-11-12-38(2)3)36-28-34-16-21(29(30,31)32)26(37-28)35-23-14-18-9-7-8-10-19(18)25(23)39(4)44(6,41)42/h7-10,13,15-16,23,25H,11-12,14H2,1-6H3,(H,33,40)(H2,34,35,36,37)/t23-,25-/m1/s1. The van der Waals surface area contributed by atoms with Gasteiger partial charge in [-0.2, -0.15) is 22.5 Å². The van der Waals surface area contributed by atoms with Gasteiger partial charge in [-0.05, 0) is 56.3 Å². The van der Waals surface area contributed by atoms with Crippen LogP contribution in [0.2, 0.25) is 0 Å². The fourth-order valence-electron chi connectivity index (χ4n) is 5.10. The Kier molecular flexibility index (Phi) is 9.71. The molecule has 0 bridgehead atoms. The fourth-order valence-corrected chi connectivity index (χ4v) is 5.78. The maximum Gasteiger partial charge on any atom is 0.421 e. The second kappa shape index (κ2) is 13.0. The first kappa shape index (κ1) is 33.0. The quantitative estimate of drug-likeness (QED) is 0.288. The van der Waals surface area contributed by atoms with E-state index in [1.807, 2.05) is 25.1 Å². The molecule has 0 saturated heterocycles. The minimum atomic E-state index is -4.79. The van der Waals surface area contributed by atoms with E-state index in [0.29, 0.717) is 41.7 Å². The van der Waals surface area contributed by atoms with E-state index in [1.54, 1.807) is 31.2 Å². The topological polar surface area (TPSA) is 129 Å². The molecule has 1 aliphatic carbocycles. The number of aryl methyl sites for hydroxylation is 1. The molecule has 0 saturated carbocycles. The van der Waals surface area contributed by atoms with Crippen molar-refractivity contribution in [3.63, 3.8) is 0 Å². The molecule has 0 spiro atoms.